The fourth-order valence-electron chi connectivity index (χ4n) is 2.18. The molecule has 0 bridgehead atoms. The molecular formula is C18H34O. The molecule has 1 heteroatoms. The molecule has 0 unspecified atom stereocenters. The molecule has 0 saturated carbocycles. The van der Waals surface area contributed by atoms with E-state index in [1.54, 1.807) is 6.92 Å². The summed E-state index contributed by atoms with van der Waals surface area (Å²) in [6.07, 6.45) is 18.2. The number of unbranched alkanes of at least 4 members (excludes halogenated alkanes) is 6. The van der Waals surface area contributed by atoms with Gasteiger partial charge in [0.15, 0.2) is 0 Å². The first-order chi connectivity index (χ1) is 9.16. The van der Waals surface area contributed by atoms with Crippen molar-refractivity contribution in [2.75, 3.05) is 0 Å². The molecule has 0 fully saturated rings. The Bertz CT molecular complexity index is 230. The summed E-state index contributed by atoms with van der Waals surface area (Å²) in [7, 11) is 0. The first-order valence-electron chi connectivity index (χ1n) is 8.31. The lowest BCUT2D eigenvalue weighted by Gasteiger charge is -2.06. The summed E-state index contributed by atoms with van der Waals surface area (Å²) in [6.45, 7) is 6.31. The molecule has 1 atom stereocenters. The average Bonchev–Trinajstić information content (AvgIpc) is 2.39. The van der Waals surface area contributed by atoms with Gasteiger partial charge >= 0.3 is 0 Å². The van der Waals surface area contributed by atoms with Gasteiger partial charge in [0.05, 0.1) is 0 Å². The topological polar surface area (TPSA) is 17.1 Å². The third-order valence-electron chi connectivity index (χ3n) is 3.83. The number of allylic oxidation sites excluding steroid dienone is 2. The first kappa shape index (κ1) is 18.4. The maximum absolute atomic E-state index is 10.8. The van der Waals surface area contributed by atoms with Crippen LogP contribution in [0, 0.1) is 5.92 Å². The zero-order chi connectivity index (χ0) is 14.3. The second-order valence-electron chi connectivity index (χ2n) is 5.92. The second-order valence-corrected chi connectivity index (χ2v) is 5.92. The van der Waals surface area contributed by atoms with Gasteiger partial charge in [-0.2, -0.15) is 0 Å². The van der Waals surface area contributed by atoms with Gasteiger partial charge in [-0.1, -0.05) is 58.1 Å². The van der Waals surface area contributed by atoms with E-state index in [0.29, 0.717) is 5.78 Å². The van der Waals surface area contributed by atoms with Crippen LogP contribution >= 0.6 is 0 Å². The Balaban J connectivity index is 3.15. The van der Waals surface area contributed by atoms with Crippen molar-refractivity contribution < 1.29 is 4.79 Å². The molecule has 0 aromatic carbocycles. The Labute approximate surface area is 120 Å². The maximum atomic E-state index is 10.8. The molecule has 0 aliphatic carbocycles. The van der Waals surface area contributed by atoms with Gasteiger partial charge in [-0.15, -0.1) is 0 Å². The van der Waals surface area contributed by atoms with E-state index in [2.05, 4.69) is 26.0 Å². The number of carbonyl (C=O) groups is 1. The van der Waals surface area contributed by atoms with Crippen LogP contribution in [0.4, 0.5) is 0 Å². The minimum absolute atomic E-state index is 0.331. The van der Waals surface area contributed by atoms with E-state index in [9.17, 15) is 4.79 Å². The minimum atomic E-state index is 0.331. The summed E-state index contributed by atoms with van der Waals surface area (Å²) in [5.41, 5.74) is 0. The van der Waals surface area contributed by atoms with Crippen LogP contribution in [0.25, 0.3) is 0 Å². The van der Waals surface area contributed by atoms with Crippen molar-refractivity contribution in [1.29, 1.82) is 0 Å². The Morgan fingerprint density at radius 3 is 2.11 bits per heavy atom. The van der Waals surface area contributed by atoms with E-state index < -0.39 is 0 Å². The third-order valence-corrected chi connectivity index (χ3v) is 3.83. The highest BCUT2D eigenvalue weighted by molar-refractivity contribution is 5.75. The van der Waals surface area contributed by atoms with Crippen LogP contribution < -0.4 is 0 Å². The predicted molar refractivity (Wildman–Crippen MR) is 85.4 cm³/mol. The predicted octanol–water partition coefficient (Wildman–Crippen LogP) is 6.08. The monoisotopic (exact) mass is 266 g/mol. The van der Waals surface area contributed by atoms with Crippen LogP contribution in [0.15, 0.2) is 12.2 Å². The van der Waals surface area contributed by atoms with Gasteiger partial charge in [0.2, 0.25) is 0 Å². The van der Waals surface area contributed by atoms with Crippen molar-refractivity contribution in [3.05, 3.63) is 12.2 Å². The minimum Gasteiger partial charge on any atom is -0.300 e. The van der Waals surface area contributed by atoms with Crippen molar-refractivity contribution >= 4 is 5.78 Å². The van der Waals surface area contributed by atoms with Gasteiger partial charge in [-0.3, -0.25) is 0 Å². The highest BCUT2D eigenvalue weighted by Gasteiger charge is 1.96. The van der Waals surface area contributed by atoms with Gasteiger partial charge in [0.1, 0.15) is 5.78 Å². The molecule has 0 radical (unpaired) electrons. The molecule has 0 rings (SSSR count). The Morgan fingerprint density at radius 1 is 0.947 bits per heavy atom. The van der Waals surface area contributed by atoms with E-state index in [-0.39, 0.29) is 0 Å². The molecule has 0 aliphatic heterocycles. The molecule has 0 amide bonds. The fourth-order valence-corrected chi connectivity index (χ4v) is 2.18. The van der Waals surface area contributed by atoms with Crippen molar-refractivity contribution in [2.45, 2.75) is 91.4 Å². The average molecular weight is 266 g/mol. The standard InChI is InChI=1S/C18H34O/c1-4-17(2)15-13-11-9-7-5-6-8-10-12-14-16-18(3)19/h5,7,17H,4,6,8-16H2,1-3H3/b7-5+/t17-/m1/s1. The molecule has 0 heterocycles. The number of hydrogen-bond acceptors (Lipinski definition) is 1. The largest absolute Gasteiger partial charge is 0.300 e. The van der Waals surface area contributed by atoms with Crippen molar-refractivity contribution in [3.63, 3.8) is 0 Å². The number of hydrogen-bond donors (Lipinski definition) is 0. The normalized spacial score (nSPS) is 13.0. The lowest BCUT2D eigenvalue weighted by atomic mass is 10.0. The van der Waals surface area contributed by atoms with Crippen molar-refractivity contribution in [1.82, 2.24) is 0 Å². The molecule has 0 aromatic heterocycles. The van der Waals surface area contributed by atoms with E-state index in [1.807, 2.05) is 0 Å². The zero-order valence-corrected chi connectivity index (χ0v) is 13.4. The lowest BCUT2D eigenvalue weighted by molar-refractivity contribution is -0.117. The van der Waals surface area contributed by atoms with E-state index >= 15 is 0 Å². The summed E-state index contributed by atoms with van der Waals surface area (Å²) in [4.78, 5) is 10.8. The van der Waals surface area contributed by atoms with Gasteiger partial charge in [0.25, 0.3) is 0 Å². The number of rotatable bonds is 13. The van der Waals surface area contributed by atoms with Gasteiger partial charge in [-0.05, 0) is 44.9 Å². The third kappa shape index (κ3) is 15.4. The molecule has 0 N–H and O–H groups in total. The van der Waals surface area contributed by atoms with Crippen LogP contribution in [0.3, 0.4) is 0 Å². The van der Waals surface area contributed by atoms with Crippen LogP contribution in [0.5, 0.6) is 0 Å². The molecule has 0 spiro atoms. The second kappa shape index (κ2) is 13.8. The van der Waals surface area contributed by atoms with Crippen LogP contribution in [0.1, 0.15) is 91.4 Å². The quantitative estimate of drug-likeness (QED) is 0.292. The first-order valence-corrected chi connectivity index (χ1v) is 8.31. The van der Waals surface area contributed by atoms with E-state index in [0.717, 1.165) is 18.8 Å². The molecule has 112 valence electrons. The Hall–Kier alpha value is -0.590. The van der Waals surface area contributed by atoms with E-state index in [4.69, 9.17) is 0 Å². The Kier molecular flexibility index (Phi) is 13.4. The highest BCUT2D eigenvalue weighted by atomic mass is 16.1. The number of Topliss-reactive ketones (excluding diaryl/α,β-unsaturated/α-hetero) is 1. The molecule has 0 aliphatic rings. The van der Waals surface area contributed by atoms with E-state index in [1.165, 1.54) is 57.8 Å². The fraction of sp³-hybridized carbons (Fsp3) is 0.833. The summed E-state index contributed by atoms with van der Waals surface area (Å²) in [5.74, 6) is 1.23. The molecule has 19 heavy (non-hydrogen) atoms. The van der Waals surface area contributed by atoms with Crippen LogP contribution in [0.2, 0.25) is 0 Å². The maximum Gasteiger partial charge on any atom is 0.129 e. The molecule has 0 aromatic rings. The number of ketones is 1. The van der Waals surface area contributed by atoms with Gasteiger partial charge in [-0.25, -0.2) is 0 Å². The lowest BCUT2D eigenvalue weighted by Crippen LogP contribution is -1.90. The summed E-state index contributed by atoms with van der Waals surface area (Å²) >= 11 is 0. The molecule has 0 saturated heterocycles. The summed E-state index contributed by atoms with van der Waals surface area (Å²) in [6, 6.07) is 0. The summed E-state index contributed by atoms with van der Waals surface area (Å²) in [5, 5.41) is 0. The smallest absolute Gasteiger partial charge is 0.129 e. The highest BCUT2D eigenvalue weighted by Crippen LogP contribution is 2.12. The van der Waals surface area contributed by atoms with Crippen LogP contribution in [-0.2, 0) is 4.79 Å². The molecular weight excluding hydrogens is 232 g/mol. The zero-order valence-electron chi connectivity index (χ0n) is 13.4. The SMILES string of the molecule is CC[C@@H](C)CCCC/C=C/CCCCCCC(C)=O. The van der Waals surface area contributed by atoms with Crippen LogP contribution in [-0.4, -0.2) is 5.78 Å². The van der Waals surface area contributed by atoms with Crippen molar-refractivity contribution in [2.24, 2.45) is 5.92 Å². The summed E-state index contributed by atoms with van der Waals surface area (Å²) < 4.78 is 0. The van der Waals surface area contributed by atoms with Crippen molar-refractivity contribution in [3.8, 4) is 0 Å². The van der Waals surface area contributed by atoms with Gasteiger partial charge in [0, 0.05) is 6.42 Å². The number of carbonyl (C=O) groups excluding carboxylic acids is 1. The van der Waals surface area contributed by atoms with Gasteiger partial charge < -0.3 is 4.79 Å². The molecule has 1 nitrogen and oxygen atoms in total. The Morgan fingerprint density at radius 2 is 1.53 bits per heavy atom.